The van der Waals surface area contributed by atoms with Gasteiger partial charge in [0.1, 0.15) is 0 Å². The summed E-state index contributed by atoms with van der Waals surface area (Å²) in [5, 5.41) is 14.6. The van der Waals surface area contributed by atoms with Crippen LogP contribution in [0.5, 0.6) is 0 Å². The largest absolute Gasteiger partial charge is 0.503 e. The normalized spacial score (nSPS) is 20.5. The summed E-state index contributed by atoms with van der Waals surface area (Å²) in [5.74, 6) is 0. The van der Waals surface area contributed by atoms with E-state index in [1.807, 2.05) is 42.5 Å². The molecular formula is C24H22ClNO5S. The van der Waals surface area contributed by atoms with Gasteiger partial charge in [0, 0.05) is 16.5 Å². The zero-order chi connectivity index (χ0) is 23.1. The summed E-state index contributed by atoms with van der Waals surface area (Å²) in [6, 6.07) is 21.3. The molecule has 2 aliphatic carbocycles. The fourth-order valence-corrected chi connectivity index (χ4v) is 5.85. The van der Waals surface area contributed by atoms with Crippen LogP contribution in [0.25, 0.3) is 11.1 Å². The first-order valence-electron chi connectivity index (χ1n) is 10.0. The molecule has 1 fully saturated rings. The van der Waals surface area contributed by atoms with Crippen molar-refractivity contribution in [2.45, 2.75) is 36.1 Å². The van der Waals surface area contributed by atoms with Gasteiger partial charge in [0.25, 0.3) is 0 Å². The molecule has 32 heavy (non-hydrogen) atoms. The highest BCUT2D eigenvalue weighted by molar-refractivity contribution is 7.89. The Kier molecular flexibility index (Phi) is 5.75. The molecule has 0 saturated heterocycles. The summed E-state index contributed by atoms with van der Waals surface area (Å²) in [4.78, 5) is 8.88. The molecule has 8 heteroatoms. The Labute approximate surface area is 191 Å². The van der Waals surface area contributed by atoms with Crippen LogP contribution in [0, 0.1) is 0 Å². The second-order valence-electron chi connectivity index (χ2n) is 8.24. The molecule has 3 aromatic rings. The number of hydrogen-bond acceptors (Lipinski definition) is 3. The maximum atomic E-state index is 13.0. The topological polar surface area (TPSA) is 104 Å². The number of carboxylic acid groups (broad SMARTS) is 2. The summed E-state index contributed by atoms with van der Waals surface area (Å²) in [6.45, 7) is 2.11. The average molecular weight is 472 g/mol. The van der Waals surface area contributed by atoms with Crippen molar-refractivity contribution in [1.82, 2.24) is 4.72 Å². The minimum atomic E-state index is -3.57. The average Bonchev–Trinajstić information content (AvgIpc) is 3.23. The predicted molar refractivity (Wildman–Crippen MR) is 123 cm³/mol. The van der Waals surface area contributed by atoms with Crippen molar-refractivity contribution < 1.29 is 23.4 Å². The molecule has 0 radical (unpaired) electrons. The molecule has 0 bridgehead atoms. The van der Waals surface area contributed by atoms with Crippen molar-refractivity contribution >= 4 is 27.8 Å². The molecule has 0 amide bonds. The van der Waals surface area contributed by atoms with Gasteiger partial charge >= 0.3 is 6.16 Å². The smallest absolute Gasteiger partial charge is 0.450 e. The Bertz CT molecular complexity index is 1290. The van der Waals surface area contributed by atoms with Crippen LogP contribution in [0.2, 0.25) is 5.02 Å². The van der Waals surface area contributed by atoms with Gasteiger partial charge in [0.15, 0.2) is 0 Å². The third-order valence-electron chi connectivity index (χ3n) is 6.09. The minimum absolute atomic E-state index is 0.0795. The van der Waals surface area contributed by atoms with Crippen molar-refractivity contribution in [1.29, 1.82) is 0 Å². The van der Waals surface area contributed by atoms with Gasteiger partial charge in [-0.15, -0.1) is 0 Å². The summed E-state index contributed by atoms with van der Waals surface area (Å²) in [6.07, 6.45) is -0.315. The van der Waals surface area contributed by atoms with Crippen LogP contribution < -0.4 is 4.72 Å². The number of halogens is 1. The van der Waals surface area contributed by atoms with E-state index >= 15 is 0 Å². The number of rotatable bonds is 4. The van der Waals surface area contributed by atoms with Crippen LogP contribution in [0.1, 0.15) is 30.0 Å². The predicted octanol–water partition coefficient (Wildman–Crippen LogP) is 5.14. The van der Waals surface area contributed by atoms with Gasteiger partial charge in [-0.25, -0.2) is 17.9 Å². The van der Waals surface area contributed by atoms with Crippen LogP contribution in [-0.2, 0) is 21.9 Å². The first-order chi connectivity index (χ1) is 15.1. The molecule has 6 nitrogen and oxygen atoms in total. The second kappa shape index (κ2) is 8.24. The Hall–Kier alpha value is -2.87. The van der Waals surface area contributed by atoms with Crippen molar-refractivity contribution in [2.75, 3.05) is 0 Å². The van der Waals surface area contributed by atoms with Gasteiger partial charge in [-0.05, 0) is 64.9 Å². The first kappa shape index (κ1) is 22.3. The van der Waals surface area contributed by atoms with E-state index in [1.54, 1.807) is 12.1 Å². The van der Waals surface area contributed by atoms with E-state index in [9.17, 15) is 8.42 Å². The second-order valence-corrected chi connectivity index (χ2v) is 10.4. The number of carbonyl (C=O) groups is 1. The van der Waals surface area contributed by atoms with E-state index < -0.39 is 16.2 Å². The van der Waals surface area contributed by atoms with Crippen molar-refractivity contribution in [3.05, 3.63) is 88.4 Å². The SMILES string of the molecule is C[C@]1(c2ccccc2)C[C@@H]1NS(=O)(=O)c1ccc2c(c1)Cc1cc(Cl)ccc1-2.O=C(O)O. The fourth-order valence-electron chi connectivity index (χ4n) is 4.25. The van der Waals surface area contributed by atoms with Gasteiger partial charge in [-0.2, -0.15) is 0 Å². The summed E-state index contributed by atoms with van der Waals surface area (Å²) >= 11 is 6.11. The van der Waals surface area contributed by atoms with Crippen LogP contribution in [-0.4, -0.2) is 30.8 Å². The van der Waals surface area contributed by atoms with E-state index in [1.165, 1.54) is 5.56 Å². The molecule has 5 rings (SSSR count). The molecule has 166 valence electrons. The number of fused-ring (bicyclic) bond motifs is 3. The van der Waals surface area contributed by atoms with Crippen molar-refractivity contribution in [3.63, 3.8) is 0 Å². The molecule has 3 aromatic carbocycles. The molecule has 3 N–H and O–H groups in total. The van der Waals surface area contributed by atoms with E-state index in [0.717, 1.165) is 28.7 Å². The maximum absolute atomic E-state index is 13.0. The Morgan fingerprint density at radius 3 is 2.25 bits per heavy atom. The lowest BCUT2D eigenvalue weighted by Gasteiger charge is -2.13. The third-order valence-corrected chi connectivity index (χ3v) is 7.80. The van der Waals surface area contributed by atoms with Crippen LogP contribution >= 0.6 is 11.6 Å². The lowest BCUT2D eigenvalue weighted by molar-refractivity contribution is 0.137. The molecule has 1 saturated carbocycles. The van der Waals surface area contributed by atoms with Crippen molar-refractivity contribution in [3.8, 4) is 11.1 Å². The van der Waals surface area contributed by atoms with E-state index in [-0.39, 0.29) is 11.5 Å². The summed E-state index contributed by atoms with van der Waals surface area (Å²) in [5.41, 5.74) is 5.42. The Balaban J connectivity index is 0.000000567. The van der Waals surface area contributed by atoms with Gasteiger partial charge in [0.05, 0.1) is 4.90 Å². The molecular weight excluding hydrogens is 450 g/mol. The zero-order valence-corrected chi connectivity index (χ0v) is 18.8. The zero-order valence-electron chi connectivity index (χ0n) is 17.2. The lowest BCUT2D eigenvalue weighted by atomic mass is 9.98. The summed E-state index contributed by atoms with van der Waals surface area (Å²) in [7, 11) is -3.57. The lowest BCUT2D eigenvalue weighted by Crippen LogP contribution is -2.30. The monoisotopic (exact) mass is 471 g/mol. The van der Waals surface area contributed by atoms with Crippen molar-refractivity contribution in [2.24, 2.45) is 0 Å². The standard InChI is InChI=1S/C23H20ClNO2S.CH2O3/c1-23(17-5-3-2-4-6-17)14-22(23)25-28(26,27)19-8-10-21-16(13-19)11-15-12-18(24)7-9-20(15)21;2-1(3)4/h2-10,12-13,22,25H,11,14H2,1H3;(H2,2,3,4)/t22-,23+;/m0./s1. The highest BCUT2D eigenvalue weighted by Crippen LogP contribution is 2.48. The van der Waals surface area contributed by atoms with Gasteiger partial charge in [-0.1, -0.05) is 61.0 Å². The van der Waals surface area contributed by atoms with Crippen LogP contribution in [0.15, 0.2) is 71.6 Å². The van der Waals surface area contributed by atoms with Gasteiger partial charge in [0.2, 0.25) is 10.0 Å². The van der Waals surface area contributed by atoms with E-state index in [2.05, 4.69) is 23.8 Å². The fraction of sp³-hybridized carbons (Fsp3) is 0.208. The molecule has 0 unspecified atom stereocenters. The Morgan fingerprint density at radius 1 is 1.00 bits per heavy atom. The summed E-state index contributed by atoms with van der Waals surface area (Å²) < 4.78 is 28.9. The van der Waals surface area contributed by atoms with E-state index in [4.69, 9.17) is 26.6 Å². The molecule has 0 aliphatic heterocycles. The van der Waals surface area contributed by atoms with Crippen LogP contribution in [0.3, 0.4) is 0 Å². The number of nitrogens with one attached hydrogen (secondary N) is 1. The number of hydrogen-bond donors (Lipinski definition) is 3. The third kappa shape index (κ3) is 4.37. The number of benzene rings is 3. The highest BCUT2D eigenvalue weighted by Gasteiger charge is 2.53. The van der Waals surface area contributed by atoms with Gasteiger partial charge < -0.3 is 10.2 Å². The molecule has 2 atom stereocenters. The molecule has 0 spiro atoms. The number of sulfonamides is 1. The highest BCUT2D eigenvalue weighted by atomic mass is 35.5. The van der Waals surface area contributed by atoms with Crippen LogP contribution in [0.4, 0.5) is 4.79 Å². The van der Waals surface area contributed by atoms with E-state index in [0.29, 0.717) is 16.3 Å². The minimum Gasteiger partial charge on any atom is -0.450 e. The maximum Gasteiger partial charge on any atom is 0.503 e. The Morgan fingerprint density at radius 2 is 1.59 bits per heavy atom. The van der Waals surface area contributed by atoms with Gasteiger partial charge in [-0.3, -0.25) is 0 Å². The molecule has 0 heterocycles. The molecule has 0 aromatic heterocycles. The first-order valence-corrected chi connectivity index (χ1v) is 11.9. The quantitative estimate of drug-likeness (QED) is 0.382. The molecule has 2 aliphatic rings.